The van der Waals surface area contributed by atoms with Gasteiger partial charge in [-0.1, -0.05) is 6.42 Å². The van der Waals surface area contributed by atoms with Crippen LogP contribution >= 0.6 is 0 Å². The summed E-state index contributed by atoms with van der Waals surface area (Å²) < 4.78 is 0. The number of rotatable bonds is 12. The van der Waals surface area contributed by atoms with Crippen LogP contribution in [-0.4, -0.2) is 96.1 Å². The molecule has 0 aliphatic carbocycles. The molecule has 16 N–H and O–H groups in total. The third-order valence-corrected chi connectivity index (χ3v) is 3.69. The minimum Gasteiger partial charge on any atom is -0.481 e. The fourth-order valence-electron chi connectivity index (χ4n) is 1.62. The molecule has 0 bridgehead atoms. The van der Waals surface area contributed by atoms with Gasteiger partial charge in [0, 0.05) is 12.6 Å². The first-order chi connectivity index (χ1) is 16.6. The molecule has 0 aromatic carbocycles. The summed E-state index contributed by atoms with van der Waals surface area (Å²) >= 11 is 0. The number of nitrogens with one attached hydrogen (secondary N) is 1. The Balaban J connectivity index is -0.000000412. The number of imidazole rings is 1. The van der Waals surface area contributed by atoms with E-state index < -0.39 is 60.4 Å². The fourth-order valence-corrected chi connectivity index (χ4v) is 1.62. The largest absolute Gasteiger partial charge is 0.481 e. The lowest BCUT2D eigenvalue weighted by Gasteiger charge is -2.03. The minimum atomic E-state index is -1.29. The molecule has 0 saturated carbocycles. The summed E-state index contributed by atoms with van der Waals surface area (Å²) in [6.07, 6.45) is 5.01. The molecule has 1 heterocycles. The van der Waals surface area contributed by atoms with Crippen LogP contribution in [0.4, 0.5) is 0 Å². The zero-order valence-corrected chi connectivity index (χ0v) is 19.8. The number of aliphatic carboxylic acids is 5. The zero-order valence-electron chi connectivity index (χ0n) is 19.8. The molecular weight excluding hydrogens is 486 g/mol. The summed E-state index contributed by atoms with van der Waals surface area (Å²) in [5, 5.41) is 40.6. The van der Waals surface area contributed by atoms with Gasteiger partial charge in [0.05, 0.1) is 18.4 Å². The molecule has 0 radical (unpaired) electrons. The van der Waals surface area contributed by atoms with Crippen molar-refractivity contribution in [2.24, 2.45) is 28.7 Å². The van der Waals surface area contributed by atoms with Crippen molar-refractivity contribution in [3.05, 3.63) is 18.2 Å². The second-order valence-corrected chi connectivity index (χ2v) is 7.11. The molecule has 1 aromatic rings. The lowest BCUT2D eigenvalue weighted by Crippen LogP contribution is -2.32. The quantitative estimate of drug-likeness (QED) is 0.123. The highest BCUT2D eigenvalue weighted by Gasteiger charge is 2.14. The van der Waals surface area contributed by atoms with Crippen molar-refractivity contribution in [3.8, 4) is 0 Å². The number of H-pyrrole nitrogens is 1. The number of carbonyl (C=O) groups is 5. The van der Waals surface area contributed by atoms with Gasteiger partial charge in [-0.25, -0.2) is 4.98 Å². The zero-order chi connectivity index (χ0) is 28.8. The molecule has 1 aromatic heterocycles. The standard InChI is InChI=1S/C6H9N3O2.C6H14N2O2.C4H7NO4.C3H7NO2/c7-5(6(10)11)1-4-2-8-3-9-4;7-4-2-1-3-5(8)6(9)10;5-2(4(8)9)1-3(6)7;1-2(4)3(5)6/h2-3,5H,1,7H2,(H,8,9)(H,10,11);5H,1-4,7-8H2,(H,9,10);2H,1,5H2,(H,6,7)(H,8,9);2H,4H2,1H3,(H,5,6)/t2*5-;2*2-/m0000/s1. The maximum absolute atomic E-state index is 10.3. The van der Waals surface area contributed by atoms with Crippen LogP contribution in [0.3, 0.4) is 0 Å². The first kappa shape index (κ1) is 36.9. The Bertz CT molecular complexity index is 775. The van der Waals surface area contributed by atoms with Gasteiger partial charge in [0.1, 0.15) is 24.2 Å². The SMILES string of the molecule is C[C@H](N)C(=O)O.NCCCC[C@H](N)C(=O)O.N[C@@H](CC(=O)O)C(=O)O.N[C@@H](Cc1c[nH]cn1)C(=O)O. The van der Waals surface area contributed by atoms with Gasteiger partial charge in [-0.15, -0.1) is 0 Å². The molecule has 0 aliphatic rings. The van der Waals surface area contributed by atoms with E-state index in [0.717, 1.165) is 12.8 Å². The Morgan fingerprint density at radius 1 is 0.833 bits per heavy atom. The molecule has 0 aliphatic heterocycles. The number of nitrogens with zero attached hydrogens (tertiary/aromatic N) is 1. The number of carboxylic acids is 5. The van der Waals surface area contributed by atoms with Gasteiger partial charge in [0.25, 0.3) is 0 Å². The molecule has 0 saturated heterocycles. The van der Waals surface area contributed by atoms with Crippen LogP contribution in [-0.2, 0) is 30.4 Å². The van der Waals surface area contributed by atoms with Crippen molar-refractivity contribution in [3.63, 3.8) is 0 Å². The number of nitrogens with two attached hydrogens (primary N) is 5. The highest BCUT2D eigenvalue weighted by molar-refractivity contribution is 5.80. The fraction of sp³-hybridized carbons (Fsp3) is 0.579. The van der Waals surface area contributed by atoms with Crippen molar-refractivity contribution in [2.75, 3.05) is 6.54 Å². The van der Waals surface area contributed by atoms with Crippen LogP contribution in [0, 0.1) is 0 Å². The van der Waals surface area contributed by atoms with Gasteiger partial charge in [-0.3, -0.25) is 24.0 Å². The van der Waals surface area contributed by atoms with Crippen molar-refractivity contribution in [2.45, 2.75) is 63.2 Å². The third-order valence-electron chi connectivity index (χ3n) is 3.69. The van der Waals surface area contributed by atoms with Crippen LogP contribution in [0.5, 0.6) is 0 Å². The highest BCUT2D eigenvalue weighted by atomic mass is 16.4. The topological polar surface area (TPSA) is 345 Å². The number of aromatic nitrogens is 2. The third kappa shape index (κ3) is 25.0. The van der Waals surface area contributed by atoms with E-state index in [2.05, 4.69) is 9.97 Å². The van der Waals surface area contributed by atoms with E-state index in [4.69, 9.17) is 54.2 Å². The van der Waals surface area contributed by atoms with Crippen molar-refractivity contribution in [1.29, 1.82) is 0 Å². The molecule has 17 heteroatoms. The lowest BCUT2D eigenvalue weighted by atomic mass is 10.1. The average Bonchev–Trinajstić information content (AvgIpc) is 3.27. The highest BCUT2D eigenvalue weighted by Crippen LogP contribution is 1.97. The predicted octanol–water partition coefficient (Wildman–Crippen LogP) is -2.82. The molecule has 0 spiro atoms. The summed E-state index contributed by atoms with van der Waals surface area (Å²) in [4.78, 5) is 56.1. The average molecular weight is 524 g/mol. The molecule has 4 atom stereocenters. The van der Waals surface area contributed by atoms with Gasteiger partial charge in [0.2, 0.25) is 0 Å². The van der Waals surface area contributed by atoms with Crippen LogP contribution in [0.2, 0.25) is 0 Å². The van der Waals surface area contributed by atoms with Crippen LogP contribution in [0.1, 0.15) is 38.3 Å². The Morgan fingerprint density at radius 3 is 1.58 bits per heavy atom. The van der Waals surface area contributed by atoms with Gasteiger partial charge in [-0.2, -0.15) is 0 Å². The normalized spacial score (nSPS) is 12.9. The van der Waals surface area contributed by atoms with Crippen molar-refractivity contribution < 1.29 is 49.5 Å². The van der Waals surface area contributed by atoms with Crippen molar-refractivity contribution in [1.82, 2.24) is 9.97 Å². The van der Waals surface area contributed by atoms with Crippen LogP contribution in [0.25, 0.3) is 0 Å². The van der Waals surface area contributed by atoms with E-state index in [-0.39, 0.29) is 6.42 Å². The molecule has 208 valence electrons. The Hall–Kier alpha value is -3.64. The Labute approximate surface area is 206 Å². The van der Waals surface area contributed by atoms with E-state index in [1.165, 1.54) is 13.3 Å². The first-order valence-electron chi connectivity index (χ1n) is 10.4. The summed E-state index contributed by atoms with van der Waals surface area (Å²) in [5.41, 5.74) is 26.0. The smallest absolute Gasteiger partial charge is 0.321 e. The van der Waals surface area contributed by atoms with Crippen LogP contribution in [0.15, 0.2) is 12.5 Å². The second-order valence-electron chi connectivity index (χ2n) is 7.11. The molecule has 0 fully saturated rings. The van der Waals surface area contributed by atoms with Gasteiger partial charge in [0.15, 0.2) is 0 Å². The van der Waals surface area contributed by atoms with Gasteiger partial charge in [-0.05, 0) is 26.3 Å². The molecular formula is C19H37N7O10. The lowest BCUT2D eigenvalue weighted by molar-refractivity contribution is -0.144. The van der Waals surface area contributed by atoms with Crippen molar-refractivity contribution >= 4 is 29.8 Å². The Morgan fingerprint density at radius 2 is 1.31 bits per heavy atom. The number of hydrogen-bond acceptors (Lipinski definition) is 11. The molecule has 0 amide bonds. The van der Waals surface area contributed by atoms with Crippen LogP contribution < -0.4 is 28.7 Å². The summed E-state index contributed by atoms with van der Waals surface area (Å²) in [6.45, 7) is 2.02. The molecule has 17 nitrogen and oxygen atoms in total. The van der Waals surface area contributed by atoms with E-state index in [9.17, 15) is 24.0 Å². The Kier molecular flexibility index (Phi) is 22.4. The first-order valence-corrected chi connectivity index (χ1v) is 10.4. The summed E-state index contributed by atoms with van der Waals surface area (Å²) in [6, 6.07) is -3.60. The number of hydrogen-bond donors (Lipinski definition) is 11. The van der Waals surface area contributed by atoms with E-state index in [1.807, 2.05) is 0 Å². The van der Waals surface area contributed by atoms with Gasteiger partial charge < -0.3 is 59.2 Å². The monoisotopic (exact) mass is 523 g/mol. The predicted molar refractivity (Wildman–Crippen MR) is 126 cm³/mol. The van der Waals surface area contributed by atoms with E-state index >= 15 is 0 Å². The minimum absolute atomic E-state index is 0.263. The summed E-state index contributed by atoms with van der Waals surface area (Å²) in [7, 11) is 0. The molecule has 36 heavy (non-hydrogen) atoms. The van der Waals surface area contributed by atoms with Gasteiger partial charge >= 0.3 is 29.8 Å². The number of unbranched alkanes of at least 4 members (excludes halogenated alkanes) is 1. The second kappa shape index (κ2) is 21.9. The molecule has 1 rings (SSSR count). The number of carboxylic acid groups (broad SMARTS) is 5. The van der Waals surface area contributed by atoms with E-state index in [0.29, 0.717) is 18.7 Å². The maximum atomic E-state index is 10.3. The van der Waals surface area contributed by atoms with E-state index in [1.54, 1.807) is 6.20 Å². The summed E-state index contributed by atoms with van der Waals surface area (Å²) in [5.74, 6) is -5.40. The maximum Gasteiger partial charge on any atom is 0.321 e. The molecule has 0 unspecified atom stereocenters. The number of aromatic amines is 1.